The number of nitrogens with one attached hydrogen (secondary N) is 1. The van der Waals surface area contributed by atoms with Gasteiger partial charge in [-0.15, -0.1) is 13.2 Å². The topological polar surface area (TPSA) is 79.0 Å². The predicted molar refractivity (Wildman–Crippen MR) is 115 cm³/mol. The lowest BCUT2D eigenvalue weighted by Crippen LogP contribution is -2.49. The first kappa shape index (κ1) is 23.7. The van der Waals surface area contributed by atoms with Gasteiger partial charge in [0.2, 0.25) is 10.0 Å². The highest BCUT2D eigenvalue weighted by molar-refractivity contribution is 7.92. The molecule has 3 rings (SSSR count). The van der Waals surface area contributed by atoms with E-state index in [1.807, 2.05) is 6.92 Å². The molecular weight excluding hydrogens is 447 g/mol. The summed E-state index contributed by atoms with van der Waals surface area (Å²) in [5.74, 6) is -0.436. The summed E-state index contributed by atoms with van der Waals surface area (Å²) in [6.07, 6.45) is -4.12. The number of nitrogens with zero attached hydrogens (tertiary/aromatic N) is 2. The van der Waals surface area contributed by atoms with Gasteiger partial charge in [0.1, 0.15) is 5.75 Å². The van der Waals surface area contributed by atoms with Crippen LogP contribution in [0.3, 0.4) is 0 Å². The van der Waals surface area contributed by atoms with Crippen LogP contribution in [0.5, 0.6) is 5.75 Å². The highest BCUT2D eigenvalue weighted by atomic mass is 32.2. The SMILES string of the molecule is CCS(=O)(=O)Nc1cc(C)ccc1N1CCCN(Cc2ccc(OC(F)(F)F)cc2)C1=O. The molecule has 0 saturated carbocycles. The van der Waals surface area contributed by atoms with Gasteiger partial charge < -0.3 is 9.64 Å². The minimum absolute atomic E-state index is 0.103. The third-order valence-electron chi connectivity index (χ3n) is 4.93. The average molecular weight is 472 g/mol. The van der Waals surface area contributed by atoms with Crippen LogP contribution >= 0.6 is 0 Å². The Kier molecular flexibility index (Phi) is 6.87. The number of urea groups is 1. The number of sulfonamides is 1. The van der Waals surface area contributed by atoms with Crippen molar-refractivity contribution >= 4 is 27.4 Å². The average Bonchev–Trinajstić information content (AvgIpc) is 2.70. The quantitative estimate of drug-likeness (QED) is 0.646. The second-order valence-electron chi connectivity index (χ2n) is 7.43. The second-order valence-corrected chi connectivity index (χ2v) is 9.44. The molecule has 0 radical (unpaired) electrons. The number of benzene rings is 2. The van der Waals surface area contributed by atoms with Crippen molar-refractivity contribution in [3.63, 3.8) is 0 Å². The molecule has 11 heteroatoms. The smallest absolute Gasteiger partial charge is 0.406 e. The van der Waals surface area contributed by atoms with E-state index < -0.39 is 16.4 Å². The number of amides is 2. The van der Waals surface area contributed by atoms with Crippen LogP contribution in [0.2, 0.25) is 0 Å². The fourth-order valence-electron chi connectivity index (χ4n) is 3.38. The summed E-state index contributed by atoms with van der Waals surface area (Å²) in [5, 5.41) is 0. The molecule has 2 aromatic rings. The van der Waals surface area contributed by atoms with E-state index in [0.717, 1.165) is 5.56 Å². The van der Waals surface area contributed by atoms with Crippen LogP contribution in [0.15, 0.2) is 42.5 Å². The Bertz CT molecular complexity index is 1070. The molecule has 1 aliphatic rings. The predicted octanol–water partition coefficient (Wildman–Crippen LogP) is 4.49. The second kappa shape index (κ2) is 9.27. The summed E-state index contributed by atoms with van der Waals surface area (Å²) < 4.78 is 67.6. The Morgan fingerprint density at radius 3 is 2.41 bits per heavy atom. The third-order valence-corrected chi connectivity index (χ3v) is 6.22. The number of hydrogen-bond acceptors (Lipinski definition) is 4. The standard InChI is InChI=1S/C21H24F3N3O4S/c1-3-32(29,30)25-18-13-15(2)5-10-19(18)27-12-4-11-26(20(27)28)14-16-6-8-17(9-7-16)31-21(22,23)24/h5-10,13,25H,3-4,11-12,14H2,1-2H3. The molecule has 1 fully saturated rings. The molecule has 32 heavy (non-hydrogen) atoms. The van der Waals surface area contributed by atoms with E-state index in [-0.39, 0.29) is 24.1 Å². The summed E-state index contributed by atoms with van der Waals surface area (Å²) in [4.78, 5) is 16.2. The van der Waals surface area contributed by atoms with E-state index in [9.17, 15) is 26.4 Å². The van der Waals surface area contributed by atoms with E-state index in [4.69, 9.17) is 0 Å². The van der Waals surface area contributed by atoms with E-state index in [1.165, 1.54) is 36.1 Å². The van der Waals surface area contributed by atoms with Gasteiger partial charge in [-0.3, -0.25) is 9.62 Å². The van der Waals surface area contributed by atoms with Gasteiger partial charge in [0.05, 0.1) is 17.1 Å². The van der Waals surface area contributed by atoms with Crippen LogP contribution < -0.4 is 14.4 Å². The van der Waals surface area contributed by atoms with Gasteiger partial charge in [0.15, 0.2) is 0 Å². The van der Waals surface area contributed by atoms with Gasteiger partial charge in [-0.1, -0.05) is 18.2 Å². The number of hydrogen-bond donors (Lipinski definition) is 1. The maximum Gasteiger partial charge on any atom is 0.573 e. The Morgan fingerprint density at radius 2 is 1.78 bits per heavy atom. The highest BCUT2D eigenvalue weighted by Gasteiger charge is 2.31. The zero-order valence-electron chi connectivity index (χ0n) is 17.6. The zero-order chi connectivity index (χ0) is 23.5. The molecule has 2 aromatic carbocycles. The van der Waals surface area contributed by atoms with E-state index in [1.54, 1.807) is 23.1 Å². The number of halogens is 3. The van der Waals surface area contributed by atoms with Crippen LogP contribution in [0.4, 0.5) is 29.3 Å². The number of ether oxygens (including phenoxy) is 1. The van der Waals surface area contributed by atoms with Crippen molar-refractivity contribution in [1.82, 2.24) is 4.90 Å². The molecule has 2 amide bonds. The van der Waals surface area contributed by atoms with Crippen molar-refractivity contribution < 1.29 is 31.1 Å². The first-order valence-corrected chi connectivity index (χ1v) is 11.6. The van der Waals surface area contributed by atoms with Crippen LogP contribution in [0.1, 0.15) is 24.5 Å². The van der Waals surface area contributed by atoms with Gasteiger partial charge in [-0.25, -0.2) is 13.2 Å². The van der Waals surface area contributed by atoms with Crippen LogP contribution in [-0.2, 0) is 16.6 Å². The van der Waals surface area contributed by atoms with E-state index in [2.05, 4.69) is 9.46 Å². The van der Waals surface area contributed by atoms with Gasteiger partial charge in [-0.2, -0.15) is 0 Å². The fourth-order valence-corrected chi connectivity index (χ4v) is 4.02. The monoisotopic (exact) mass is 471 g/mol. The van der Waals surface area contributed by atoms with Crippen LogP contribution in [-0.4, -0.2) is 44.6 Å². The van der Waals surface area contributed by atoms with E-state index in [0.29, 0.717) is 36.4 Å². The lowest BCUT2D eigenvalue weighted by atomic mass is 10.1. The summed E-state index contributed by atoms with van der Waals surface area (Å²) in [7, 11) is -3.54. The summed E-state index contributed by atoms with van der Waals surface area (Å²) in [6, 6.07) is 10.2. The normalized spacial score (nSPS) is 15.1. The molecule has 1 saturated heterocycles. The number of rotatable bonds is 7. The number of alkyl halides is 3. The molecule has 174 valence electrons. The maximum atomic E-state index is 13.2. The summed E-state index contributed by atoms with van der Waals surface area (Å²) in [6.45, 7) is 4.43. The first-order valence-electron chi connectivity index (χ1n) is 10.00. The van der Waals surface area contributed by atoms with Crippen LogP contribution in [0.25, 0.3) is 0 Å². The Balaban J connectivity index is 1.79. The molecule has 1 heterocycles. The van der Waals surface area contributed by atoms with Crippen molar-refractivity contribution in [3.05, 3.63) is 53.6 Å². The molecule has 0 bridgehead atoms. The first-order chi connectivity index (χ1) is 15.0. The molecule has 0 aromatic heterocycles. The van der Waals surface area contributed by atoms with Crippen molar-refractivity contribution in [2.45, 2.75) is 33.2 Å². The minimum atomic E-state index is -4.77. The van der Waals surface area contributed by atoms with Gasteiger partial charge in [-0.05, 0) is 55.7 Å². The molecule has 0 aliphatic carbocycles. The summed E-state index contributed by atoms with van der Waals surface area (Å²) >= 11 is 0. The lowest BCUT2D eigenvalue weighted by Gasteiger charge is -2.36. The van der Waals surface area contributed by atoms with Crippen LogP contribution in [0, 0.1) is 6.92 Å². The lowest BCUT2D eigenvalue weighted by molar-refractivity contribution is -0.274. The fraction of sp³-hybridized carbons (Fsp3) is 0.381. The Morgan fingerprint density at radius 1 is 1.09 bits per heavy atom. The molecular formula is C21H24F3N3O4S. The van der Waals surface area contributed by atoms with Gasteiger partial charge in [0, 0.05) is 19.6 Å². The number of carbonyl (C=O) groups excluding carboxylic acids is 1. The number of carbonyl (C=O) groups is 1. The maximum absolute atomic E-state index is 13.2. The summed E-state index contributed by atoms with van der Waals surface area (Å²) in [5.41, 5.74) is 2.27. The molecule has 0 unspecified atom stereocenters. The molecule has 0 spiro atoms. The van der Waals surface area contributed by atoms with Gasteiger partial charge >= 0.3 is 12.4 Å². The molecule has 1 N–H and O–H groups in total. The molecule has 7 nitrogen and oxygen atoms in total. The van der Waals surface area contributed by atoms with Crippen molar-refractivity contribution in [2.75, 3.05) is 28.5 Å². The van der Waals surface area contributed by atoms with Gasteiger partial charge in [0.25, 0.3) is 0 Å². The highest BCUT2D eigenvalue weighted by Crippen LogP contribution is 2.31. The zero-order valence-corrected chi connectivity index (χ0v) is 18.5. The number of aryl methyl sites for hydroxylation is 1. The Hall–Kier alpha value is -2.95. The van der Waals surface area contributed by atoms with E-state index >= 15 is 0 Å². The third kappa shape index (κ3) is 6.06. The van der Waals surface area contributed by atoms with Crippen molar-refractivity contribution in [2.24, 2.45) is 0 Å². The minimum Gasteiger partial charge on any atom is -0.406 e. The Labute approximate surface area is 184 Å². The molecule has 1 aliphatic heterocycles. The number of anilines is 2. The largest absolute Gasteiger partial charge is 0.573 e. The van der Waals surface area contributed by atoms with Crippen molar-refractivity contribution in [3.8, 4) is 5.75 Å². The molecule has 0 atom stereocenters. The van der Waals surface area contributed by atoms with Crippen molar-refractivity contribution in [1.29, 1.82) is 0 Å².